The highest BCUT2D eigenvalue weighted by atomic mass is 32.1. The molecule has 0 spiro atoms. The van der Waals surface area contributed by atoms with Crippen molar-refractivity contribution in [1.82, 2.24) is 20.2 Å². The van der Waals surface area contributed by atoms with Gasteiger partial charge in [0.1, 0.15) is 5.70 Å². The molecule has 0 saturated carbocycles. The van der Waals surface area contributed by atoms with E-state index in [-0.39, 0.29) is 17.5 Å². The molecule has 0 atom stereocenters. The van der Waals surface area contributed by atoms with E-state index in [0.29, 0.717) is 11.4 Å². The van der Waals surface area contributed by atoms with Crippen molar-refractivity contribution >= 4 is 29.2 Å². The molecule has 7 heteroatoms. The molecule has 132 valence electrons. The average Bonchev–Trinajstić information content (AvgIpc) is 3.32. The predicted molar refractivity (Wildman–Crippen MR) is 101 cm³/mol. The van der Waals surface area contributed by atoms with Gasteiger partial charge in [0.15, 0.2) is 0 Å². The number of amides is 2. The van der Waals surface area contributed by atoms with Gasteiger partial charge in [-0.15, -0.1) is 11.3 Å². The maximum Gasteiger partial charge on any atom is 0.268 e. The summed E-state index contributed by atoms with van der Waals surface area (Å²) in [6.45, 7) is 0.348. The normalized spacial score (nSPS) is 11.2. The lowest BCUT2D eigenvalue weighted by Gasteiger charge is -2.11. The van der Waals surface area contributed by atoms with Crippen molar-refractivity contribution in [3.05, 3.63) is 82.2 Å². The molecule has 0 aliphatic carbocycles. The van der Waals surface area contributed by atoms with E-state index in [1.165, 1.54) is 11.3 Å². The lowest BCUT2D eigenvalue weighted by molar-refractivity contribution is -0.117. The molecule has 0 saturated heterocycles. The Morgan fingerprint density at radius 2 is 2.00 bits per heavy atom. The number of carbonyl (C=O) groups excluding carboxylic acids is 2. The smallest absolute Gasteiger partial charge is 0.268 e. The molecular weight excluding hydrogens is 348 g/mol. The summed E-state index contributed by atoms with van der Waals surface area (Å²) < 4.78 is 1.87. The highest BCUT2D eigenvalue weighted by molar-refractivity contribution is 7.12. The summed E-state index contributed by atoms with van der Waals surface area (Å²) in [7, 11) is 1.87. The van der Waals surface area contributed by atoms with Crippen molar-refractivity contribution in [1.29, 1.82) is 0 Å². The van der Waals surface area contributed by atoms with Crippen molar-refractivity contribution in [3.8, 4) is 0 Å². The molecule has 0 fully saturated rings. The predicted octanol–water partition coefficient (Wildman–Crippen LogP) is 2.57. The topological polar surface area (TPSA) is 76.0 Å². The van der Waals surface area contributed by atoms with E-state index in [9.17, 15) is 9.59 Å². The summed E-state index contributed by atoms with van der Waals surface area (Å²) in [5.74, 6) is -0.660. The minimum Gasteiger partial charge on any atom is -0.351 e. The summed E-state index contributed by atoms with van der Waals surface area (Å²) in [4.78, 5) is 29.5. The van der Waals surface area contributed by atoms with Crippen molar-refractivity contribution in [3.63, 3.8) is 0 Å². The number of thiophene rings is 1. The van der Waals surface area contributed by atoms with Crippen LogP contribution >= 0.6 is 11.3 Å². The molecule has 3 aromatic rings. The molecule has 26 heavy (non-hydrogen) atoms. The van der Waals surface area contributed by atoms with Gasteiger partial charge in [-0.2, -0.15) is 0 Å². The summed E-state index contributed by atoms with van der Waals surface area (Å²) in [5, 5.41) is 7.36. The fourth-order valence-corrected chi connectivity index (χ4v) is 2.92. The third-order valence-electron chi connectivity index (χ3n) is 3.72. The molecule has 0 radical (unpaired) electrons. The molecule has 3 rings (SSSR count). The summed E-state index contributed by atoms with van der Waals surface area (Å²) >= 11 is 1.32. The Hall–Kier alpha value is -3.19. The Labute approximate surface area is 155 Å². The van der Waals surface area contributed by atoms with Gasteiger partial charge in [-0.05, 0) is 47.4 Å². The van der Waals surface area contributed by atoms with E-state index in [4.69, 9.17) is 0 Å². The van der Waals surface area contributed by atoms with Gasteiger partial charge in [0.2, 0.25) is 0 Å². The monoisotopic (exact) mass is 366 g/mol. The first kappa shape index (κ1) is 17.6. The summed E-state index contributed by atoms with van der Waals surface area (Å²) in [6.07, 6.45) is 6.87. The van der Waals surface area contributed by atoms with Crippen LogP contribution < -0.4 is 10.6 Å². The number of hydrogen-bond donors (Lipinski definition) is 2. The minimum atomic E-state index is -0.354. The van der Waals surface area contributed by atoms with Crippen LogP contribution in [0.3, 0.4) is 0 Å². The average molecular weight is 366 g/mol. The molecule has 0 aliphatic heterocycles. The van der Waals surface area contributed by atoms with Crippen molar-refractivity contribution < 1.29 is 9.59 Å². The number of nitrogens with zero attached hydrogens (tertiary/aromatic N) is 2. The Bertz CT molecular complexity index is 914. The molecule has 0 aromatic carbocycles. The summed E-state index contributed by atoms with van der Waals surface area (Å²) in [6, 6.07) is 10.9. The lowest BCUT2D eigenvalue weighted by atomic mass is 10.2. The molecule has 2 amide bonds. The van der Waals surface area contributed by atoms with Gasteiger partial charge >= 0.3 is 0 Å². The van der Waals surface area contributed by atoms with Crippen LogP contribution in [0.25, 0.3) is 6.08 Å². The van der Waals surface area contributed by atoms with Crippen LogP contribution in [-0.4, -0.2) is 21.4 Å². The molecule has 3 heterocycles. The van der Waals surface area contributed by atoms with Crippen molar-refractivity contribution in [2.45, 2.75) is 6.54 Å². The number of aryl methyl sites for hydroxylation is 1. The van der Waals surface area contributed by atoms with Crippen molar-refractivity contribution in [2.75, 3.05) is 0 Å². The number of aromatic nitrogens is 2. The second-order valence-electron chi connectivity index (χ2n) is 5.57. The standard InChI is InChI=1S/C19H18N4O2S/c1-23-10-2-4-15(23)12-16(22-19(25)17-5-3-11-26-17)18(24)21-13-14-6-8-20-9-7-14/h2-12H,13H2,1H3,(H,21,24)(H,22,25). The van der Waals surface area contributed by atoms with Gasteiger partial charge in [0.25, 0.3) is 11.8 Å². The molecule has 0 bridgehead atoms. The number of carbonyl (C=O) groups is 2. The molecule has 2 N–H and O–H groups in total. The van der Waals surface area contributed by atoms with Gasteiger partial charge in [0.05, 0.1) is 4.88 Å². The fraction of sp³-hybridized carbons (Fsp3) is 0.105. The SMILES string of the molecule is Cn1cccc1C=C(NC(=O)c1cccs1)C(=O)NCc1ccncc1. The molecule has 0 unspecified atom stereocenters. The van der Waals surface area contributed by atoms with Gasteiger partial charge in [-0.3, -0.25) is 14.6 Å². The lowest BCUT2D eigenvalue weighted by Crippen LogP contribution is -2.34. The molecule has 6 nitrogen and oxygen atoms in total. The highest BCUT2D eigenvalue weighted by Gasteiger charge is 2.15. The van der Waals surface area contributed by atoms with Crippen molar-refractivity contribution in [2.24, 2.45) is 7.05 Å². The maximum absolute atomic E-state index is 12.6. The number of rotatable bonds is 6. The Morgan fingerprint density at radius 3 is 2.65 bits per heavy atom. The first-order chi connectivity index (χ1) is 12.6. The zero-order chi connectivity index (χ0) is 18.4. The zero-order valence-corrected chi connectivity index (χ0v) is 15.0. The van der Waals surface area contributed by atoms with E-state index < -0.39 is 0 Å². The Balaban J connectivity index is 1.78. The zero-order valence-electron chi connectivity index (χ0n) is 14.2. The van der Waals surface area contributed by atoms with Crippen LogP contribution in [-0.2, 0) is 18.4 Å². The molecule has 0 aliphatic rings. The van der Waals surface area contributed by atoms with Crippen LogP contribution in [0.4, 0.5) is 0 Å². The van der Waals surface area contributed by atoms with Crippen LogP contribution in [0.1, 0.15) is 20.9 Å². The molecular formula is C19H18N4O2S. The van der Waals surface area contributed by atoms with Crippen LogP contribution in [0.2, 0.25) is 0 Å². The Morgan fingerprint density at radius 1 is 1.19 bits per heavy atom. The van der Waals surface area contributed by atoms with Gasteiger partial charge in [-0.1, -0.05) is 6.07 Å². The quantitative estimate of drug-likeness (QED) is 0.659. The first-order valence-electron chi connectivity index (χ1n) is 7.98. The second-order valence-corrected chi connectivity index (χ2v) is 6.52. The first-order valence-corrected chi connectivity index (χ1v) is 8.86. The Kier molecular flexibility index (Phi) is 5.60. The maximum atomic E-state index is 12.6. The minimum absolute atomic E-state index is 0.194. The second kappa shape index (κ2) is 8.26. The van der Waals surface area contributed by atoms with E-state index in [2.05, 4.69) is 15.6 Å². The highest BCUT2D eigenvalue weighted by Crippen LogP contribution is 2.11. The van der Waals surface area contributed by atoms with E-state index >= 15 is 0 Å². The van der Waals surface area contributed by atoms with E-state index in [0.717, 1.165) is 11.3 Å². The number of hydrogen-bond acceptors (Lipinski definition) is 4. The number of nitrogens with one attached hydrogen (secondary N) is 2. The third-order valence-corrected chi connectivity index (χ3v) is 4.58. The molecule has 3 aromatic heterocycles. The number of pyridine rings is 1. The van der Waals surface area contributed by atoms with Crippen LogP contribution in [0.5, 0.6) is 0 Å². The van der Waals surface area contributed by atoms with E-state index in [1.54, 1.807) is 30.6 Å². The largest absolute Gasteiger partial charge is 0.351 e. The fourth-order valence-electron chi connectivity index (χ4n) is 2.30. The van der Waals surface area contributed by atoms with Gasteiger partial charge < -0.3 is 15.2 Å². The van der Waals surface area contributed by atoms with Gasteiger partial charge in [-0.25, -0.2) is 0 Å². The van der Waals surface area contributed by atoms with Gasteiger partial charge in [0, 0.05) is 37.9 Å². The third kappa shape index (κ3) is 4.46. The van der Waals surface area contributed by atoms with Crippen LogP contribution in [0, 0.1) is 0 Å². The van der Waals surface area contributed by atoms with E-state index in [1.807, 2.05) is 47.5 Å². The van der Waals surface area contributed by atoms with Crippen LogP contribution in [0.15, 0.2) is 66.1 Å². The summed E-state index contributed by atoms with van der Waals surface area (Å²) in [5.41, 5.74) is 1.93.